The minimum absolute atomic E-state index is 1.08. The standard InChI is InChI=1S/C32H70N4/c1-5-7-9-11-13-15-17-19-21-23-29-35(3)31-27-33-25-26-34-28-32-36(4)30-24-22-20-18-16-14-12-10-8-6-2/h33-34H,5-32H2,1-4H3. The van der Waals surface area contributed by atoms with Gasteiger partial charge in [-0.25, -0.2) is 0 Å². The van der Waals surface area contributed by atoms with Crippen molar-refractivity contribution < 1.29 is 0 Å². The van der Waals surface area contributed by atoms with E-state index in [0.717, 1.165) is 26.2 Å². The maximum Gasteiger partial charge on any atom is 0.0104 e. The van der Waals surface area contributed by atoms with E-state index in [1.165, 1.54) is 155 Å². The van der Waals surface area contributed by atoms with Gasteiger partial charge in [0.1, 0.15) is 0 Å². The Labute approximate surface area is 229 Å². The molecular weight excluding hydrogens is 440 g/mol. The fraction of sp³-hybridized carbons (Fsp3) is 1.00. The lowest BCUT2D eigenvalue weighted by molar-refractivity contribution is 0.316. The van der Waals surface area contributed by atoms with Gasteiger partial charge in [-0.3, -0.25) is 0 Å². The Hall–Kier alpha value is -0.160. The Bertz CT molecular complexity index is 354. The van der Waals surface area contributed by atoms with Crippen molar-refractivity contribution in [1.29, 1.82) is 0 Å². The van der Waals surface area contributed by atoms with Crippen molar-refractivity contribution in [3.05, 3.63) is 0 Å². The summed E-state index contributed by atoms with van der Waals surface area (Å²) in [6, 6.07) is 0. The summed E-state index contributed by atoms with van der Waals surface area (Å²) in [5.41, 5.74) is 0. The van der Waals surface area contributed by atoms with Gasteiger partial charge < -0.3 is 20.4 Å². The highest BCUT2D eigenvalue weighted by atomic mass is 15.1. The third-order valence-electron chi connectivity index (χ3n) is 7.61. The zero-order valence-electron chi connectivity index (χ0n) is 25.7. The van der Waals surface area contributed by atoms with E-state index in [1.54, 1.807) is 0 Å². The monoisotopic (exact) mass is 511 g/mol. The number of rotatable bonds is 31. The first-order valence-electron chi connectivity index (χ1n) is 16.5. The van der Waals surface area contributed by atoms with E-state index in [-0.39, 0.29) is 0 Å². The third-order valence-corrected chi connectivity index (χ3v) is 7.61. The third kappa shape index (κ3) is 30.1. The van der Waals surface area contributed by atoms with Crippen LogP contribution in [0.15, 0.2) is 0 Å². The summed E-state index contributed by atoms with van der Waals surface area (Å²) in [6.07, 6.45) is 28.5. The Morgan fingerprint density at radius 3 is 0.917 bits per heavy atom. The molecule has 0 bridgehead atoms. The molecule has 0 rings (SSSR count). The Morgan fingerprint density at radius 2 is 0.611 bits per heavy atom. The van der Waals surface area contributed by atoms with Crippen LogP contribution in [0.4, 0.5) is 0 Å². The van der Waals surface area contributed by atoms with Crippen LogP contribution in [0.5, 0.6) is 0 Å². The van der Waals surface area contributed by atoms with Crippen molar-refractivity contribution in [3.8, 4) is 0 Å². The number of hydrogen-bond acceptors (Lipinski definition) is 4. The maximum absolute atomic E-state index is 3.60. The second-order valence-electron chi connectivity index (χ2n) is 11.5. The number of nitrogens with one attached hydrogen (secondary N) is 2. The largest absolute Gasteiger partial charge is 0.314 e. The van der Waals surface area contributed by atoms with Gasteiger partial charge in [0.15, 0.2) is 0 Å². The van der Waals surface area contributed by atoms with Crippen LogP contribution in [-0.2, 0) is 0 Å². The van der Waals surface area contributed by atoms with Crippen molar-refractivity contribution >= 4 is 0 Å². The minimum Gasteiger partial charge on any atom is -0.314 e. The highest BCUT2D eigenvalue weighted by molar-refractivity contribution is 4.60. The van der Waals surface area contributed by atoms with E-state index >= 15 is 0 Å². The number of nitrogens with zero attached hydrogens (tertiary/aromatic N) is 2. The summed E-state index contributed by atoms with van der Waals surface area (Å²) in [5, 5.41) is 7.20. The normalized spacial score (nSPS) is 11.8. The molecule has 0 unspecified atom stereocenters. The molecule has 0 saturated heterocycles. The van der Waals surface area contributed by atoms with Crippen molar-refractivity contribution in [3.63, 3.8) is 0 Å². The molecular formula is C32H70N4. The Kier molecular flexibility index (Phi) is 30.9. The summed E-state index contributed by atoms with van der Waals surface area (Å²) >= 11 is 0. The first-order valence-corrected chi connectivity index (χ1v) is 16.5. The molecule has 0 aromatic heterocycles. The molecule has 4 heteroatoms. The molecule has 0 spiro atoms. The smallest absolute Gasteiger partial charge is 0.0104 e. The van der Waals surface area contributed by atoms with Gasteiger partial charge in [-0.2, -0.15) is 0 Å². The van der Waals surface area contributed by atoms with Crippen LogP contribution < -0.4 is 10.6 Å². The van der Waals surface area contributed by atoms with Crippen LogP contribution in [0, 0.1) is 0 Å². The second-order valence-corrected chi connectivity index (χ2v) is 11.5. The van der Waals surface area contributed by atoms with Gasteiger partial charge in [-0.15, -0.1) is 0 Å². The van der Waals surface area contributed by atoms with Gasteiger partial charge >= 0.3 is 0 Å². The quantitative estimate of drug-likeness (QED) is 0.0929. The van der Waals surface area contributed by atoms with E-state index in [1.807, 2.05) is 0 Å². The Morgan fingerprint density at radius 1 is 0.333 bits per heavy atom. The molecule has 0 amide bonds. The predicted molar refractivity (Wildman–Crippen MR) is 164 cm³/mol. The van der Waals surface area contributed by atoms with Gasteiger partial charge in [0.25, 0.3) is 0 Å². The lowest BCUT2D eigenvalue weighted by Gasteiger charge is -2.18. The molecule has 2 N–H and O–H groups in total. The average Bonchev–Trinajstić information content (AvgIpc) is 2.87. The van der Waals surface area contributed by atoms with Crippen LogP contribution in [0.3, 0.4) is 0 Å². The van der Waals surface area contributed by atoms with Crippen molar-refractivity contribution in [2.45, 2.75) is 142 Å². The van der Waals surface area contributed by atoms with Crippen molar-refractivity contribution in [2.24, 2.45) is 0 Å². The van der Waals surface area contributed by atoms with Gasteiger partial charge in [-0.1, -0.05) is 129 Å². The number of hydrogen-bond donors (Lipinski definition) is 2. The van der Waals surface area contributed by atoms with Gasteiger partial charge in [0, 0.05) is 39.3 Å². The first-order chi connectivity index (χ1) is 17.7. The van der Waals surface area contributed by atoms with Crippen LogP contribution in [0.2, 0.25) is 0 Å². The molecule has 0 aromatic carbocycles. The first kappa shape index (κ1) is 35.8. The van der Waals surface area contributed by atoms with Crippen LogP contribution in [0.25, 0.3) is 0 Å². The lowest BCUT2D eigenvalue weighted by atomic mass is 10.1. The molecule has 0 heterocycles. The molecule has 0 aliphatic heterocycles. The topological polar surface area (TPSA) is 30.5 Å². The predicted octanol–water partition coefficient (Wildman–Crippen LogP) is 7.87. The van der Waals surface area contributed by atoms with E-state index in [4.69, 9.17) is 0 Å². The second kappa shape index (κ2) is 31.1. The van der Waals surface area contributed by atoms with E-state index < -0.39 is 0 Å². The van der Waals surface area contributed by atoms with Crippen LogP contribution >= 0.6 is 0 Å². The molecule has 0 aliphatic carbocycles. The molecule has 0 aromatic rings. The zero-order valence-corrected chi connectivity index (χ0v) is 25.7. The number of likely N-dealkylation sites (N-methyl/N-ethyl adjacent to an activating group) is 2. The zero-order chi connectivity index (χ0) is 26.4. The SMILES string of the molecule is CCCCCCCCCCCCN(C)CCNCCNCCN(C)CCCCCCCCCCCC. The fourth-order valence-electron chi connectivity index (χ4n) is 4.93. The van der Waals surface area contributed by atoms with Gasteiger partial charge in [-0.05, 0) is 40.0 Å². The van der Waals surface area contributed by atoms with E-state index in [2.05, 4.69) is 48.4 Å². The summed E-state index contributed by atoms with van der Waals surface area (Å²) in [7, 11) is 4.55. The van der Waals surface area contributed by atoms with Crippen LogP contribution in [0.1, 0.15) is 142 Å². The summed E-state index contributed by atoms with van der Waals surface area (Å²) < 4.78 is 0. The molecule has 0 aliphatic rings. The summed E-state index contributed by atoms with van der Waals surface area (Å²) in [4.78, 5) is 4.99. The summed E-state index contributed by atoms with van der Waals surface area (Å²) in [6.45, 7) is 13.8. The van der Waals surface area contributed by atoms with Crippen molar-refractivity contribution in [1.82, 2.24) is 20.4 Å². The minimum atomic E-state index is 1.08. The Balaban J connectivity index is 3.24. The van der Waals surface area contributed by atoms with Crippen molar-refractivity contribution in [2.75, 3.05) is 66.5 Å². The highest BCUT2D eigenvalue weighted by Gasteiger charge is 2.00. The average molecular weight is 511 g/mol. The molecule has 4 nitrogen and oxygen atoms in total. The van der Waals surface area contributed by atoms with E-state index in [9.17, 15) is 0 Å². The van der Waals surface area contributed by atoms with Gasteiger partial charge in [0.05, 0.1) is 0 Å². The molecule has 0 atom stereocenters. The molecule has 0 radical (unpaired) electrons. The molecule has 0 saturated carbocycles. The molecule has 0 fully saturated rings. The maximum atomic E-state index is 3.60. The highest BCUT2D eigenvalue weighted by Crippen LogP contribution is 2.11. The fourth-order valence-corrected chi connectivity index (χ4v) is 4.93. The van der Waals surface area contributed by atoms with Gasteiger partial charge in [0.2, 0.25) is 0 Å². The summed E-state index contributed by atoms with van der Waals surface area (Å²) in [5.74, 6) is 0. The molecule has 36 heavy (non-hydrogen) atoms. The number of unbranched alkanes of at least 4 members (excludes halogenated alkanes) is 18. The molecule has 218 valence electrons. The van der Waals surface area contributed by atoms with E-state index in [0.29, 0.717) is 0 Å². The lowest BCUT2D eigenvalue weighted by Crippen LogP contribution is -2.36. The van der Waals surface area contributed by atoms with Crippen LogP contribution in [-0.4, -0.2) is 76.3 Å².